The lowest BCUT2D eigenvalue weighted by Crippen LogP contribution is -2.35. The highest BCUT2D eigenvalue weighted by atomic mass is 16.5. The molecule has 1 fully saturated rings. The van der Waals surface area contributed by atoms with Gasteiger partial charge in [0, 0.05) is 12.1 Å². The molecule has 2 aromatic carbocycles. The molecular formula is C21H25NO2. The zero-order valence-corrected chi connectivity index (χ0v) is 14.4. The van der Waals surface area contributed by atoms with Crippen LogP contribution in [0.4, 0.5) is 0 Å². The topological polar surface area (TPSA) is 29.5 Å². The Morgan fingerprint density at radius 3 is 2.42 bits per heavy atom. The van der Waals surface area contributed by atoms with Crippen LogP contribution in [0, 0.1) is 5.92 Å². The number of ether oxygens (including phenoxy) is 1. The van der Waals surface area contributed by atoms with Crippen molar-refractivity contribution in [2.75, 3.05) is 6.54 Å². The first kappa shape index (κ1) is 16.7. The van der Waals surface area contributed by atoms with Crippen LogP contribution >= 0.6 is 0 Å². The summed E-state index contributed by atoms with van der Waals surface area (Å²) >= 11 is 0. The second kappa shape index (κ2) is 7.63. The molecule has 0 N–H and O–H groups in total. The molecule has 0 radical (unpaired) electrons. The summed E-state index contributed by atoms with van der Waals surface area (Å²) in [4.78, 5) is 14.9. The van der Waals surface area contributed by atoms with E-state index in [4.69, 9.17) is 4.74 Å². The molecule has 126 valence electrons. The third kappa shape index (κ3) is 3.68. The third-order valence-corrected chi connectivity index (χ3v) is 5.11. The van der Waals surface area contributed by atoms with Gasteiger partial charge < -0.3 is 4.74 Å². The molecule has 0 spiro atoms. The number of likely N-dealkylation sites (tertiary alicyclic amines) is 1. The summed E-state index contributed by atoms with van der Waals surface area (Å²) < 4.78 is 5.55. The molecule has 1 heterocycles. The van der Waals surface area contributed by atoms with Crippen molar-refractivity contribution in [1.82, 2.24) is 4.90 Å². The van der Waals surface area contributed by atoms with Gasteiger partial charge in [0.1, 0.15) is 6.61 Å². The summed E-state index contributed by atoms with van der Waals surface area (Å²) in [6.07, 6.45) is 0.867. The molecular weight excluding hydrogens is 298 g/mol. The zero-order valence-electron chi connectivity index (χ0n) is 14.4. The summed E-state index contributed by atoms with van der Waals surface area (Å²) in [7, 11) is 0. The van der Waals surface area contributed by atoms with Gasteiger partial charge in [0.05, 0.1) is 5.92 Å². The van der Waals surface area contributed by atoms with Crippen molar-refractivity contribution in [2.45, 2.75) is 39.0 Å². The van der Waals surface area contributed by atoms with E-state index in [1.54, 1.807) is 0 Å². The Hall–Kier alpha value is -2.13. The van der Waals surface area contributed by atoms with Crippen LogP contribution < -0.4 is 0 Å². The minimum Gasteiger partial charge on any atom is -0.461 e. The summed E-state index contributed by atoms with van der Waals surface area (Å²) in [6.45, 7) is 5.64. The monoisotopic (exact) mass is 323 g/mol. The van der Waals surface area contributed by atoms with E-state index in [1.165, 1.54) is 5.56 Å². The first-order valence-corrected chi connectivity index (χ1v) is 8.68. The smallest absolute Gasteiger partial charge is 0.310 e. The van der Waals surface area contributed by atoms with Crippen LogP contribution in [0.25, 0.3) is 0 Å². The van der Waals surface area contributed by atoms with E-state index in [2.05, 4.69) is 43.0 Å². The van der Waals surface area contributed by atoms with E-state index in [9.17, 15) is 4.79 Å². The van der Waals surface area contributed by atoms with E-state index < -0.39 is 0 Å². The number of benzene rings is 2. The fourth-order valence-corrected chi connectivity index (χ4v) is 3.58. The highest BCUT2D eigenvalue weighted by Gasteiger charge is 2.38. The lowest BCUT2D eigenvalue weighted by atomic mass is 10.0. The molecule has 0 unspecified atom stereocenters. The van der Waals surface area contributed by atoms with Crippen LogP contribution in [0.15, 0.2) is 60.7 Å². The van der Waals surface area contributed by atoms with E-state index in [-0.39, 0.29) is 17.9 Å². The highest BCUT2D eigenvalue weighted by molar-refractivity contribution is 5.73. The Kier molecular flexibility index (Phi) is 5.31. The van der Waals surface area contributed by atoms with Crippen LogP contribution in [0.3, 0.4) is 0 Å². The summed E-state index contributed by atoms with van der Waals surface area (Å²) in [6, 6.07) is 20.8. The van der Waals surface area contributed by atoms with Crippen LogP contribution in [0.2, 0.25) is 0 Å². The standard InChI is InChI=1S/C21H25NO2/c1-16(19-11-7-4-8-12-19)22-14-13-20(17(22)2)21(23)24-15-18-9-5-3-6-10-18/h3-12,16-17,20H,13-15H2,1-2H3/t16-,17-,20-/m1/s1. The summed E-state index contributed by atoms with van der Waals surface area (Å²) in [5.41, 5.74) is 2.33. The molecule has 1 saturated heterocycles. The van der Waals surface area contributed by atoms with Crippen molar-refractivity contribution in [3.8, 4) is 0 Å². The Bertz CT molecular complexity index is 656. The second-order valence-corrected chi connectivity index (χ2v) is 6.55. The van der Waals surface area contributed by atoms with Crippen LogP contribution in [0.1, 0.15) is 37.4 Å². The van der Waals surface area contributed by atoms with Gasteiger partial charge in [-0.3, -0.25) is 9.69 Å². The Morgan fingerprint density at radius 2 is 1.75 bits per heavy atom. The Balaban J connectivity index is 1.59. The van der Waals surface area contributed by atoms with Gasteiger partial charge in [0.15, 0.2) is 0 Å². The van der Waals surface area contributed by atoms with Crippen molar-refractivity contribution >= 4 is 5.97 Å². The maximum atomic E-state index is 12.5. The van der Waals surface area contributed by atoms with Crippen LogP contribution in [-0.4, -0.2) is 23.5 Å². The Labute approximate surface area is 144 Å². The molecule has 3 atom stereocenters. The third-order valence-electron chi connectivity index (χ3n) is 5.11. The van der Waals surface area contributed by atoms with Crippen molar-refractivity contribution < 1.29 is 9.53 Å². The van der Waals surface area contributed by atoms with Crippen molar-refractivity contribution in [1.29, 1.82) is 0 Å². The molecule has 2 aromatic rings. The quantitative estimate of drug-likeness (QED) is 0.772. The lowest BCUT2D eigenvalue weighted by Gasteiger charge is -2.30. The fraction of sp³-hybridized carbons (Fsp3) is 0.381. The van der Waals surface area contributed by atoms with Gasteiger partial charge in [-0.15, -0.1) is 0 Å². The molecule has 0 saturated carbocycles. The van der Waals surface area contributed by atoms with Crippen molar-refractivity contribution in [3.63, 3.8) is 0 Å². The van der Waals surface area contributed by atoms with Gasteiger partial charge in [0.2, 0.25) is 0 Å². The Morgan fingerprint density at radius 1 is 1.12 bits per heavy atom. The van der Waals surface area contributed by atoms with Gasteiger partial charge in [-0.1, -0.05) is 60.7 Å². The fourth-order valence-electron chi connectivity index (χ4n) is 3.58. The number of carbonyl (C=O) groups excluding carboxylic acids is 1. The van der Waals surface area contributed by atoms with Gasteiger partial charge in [-0.25, -0.2) is 0 Å². The van der Waals surface area contributed by atoms with Gasteiger partial charge in [-0.2, -0.15) is 0 Å². The van der Waals surface area contributed by atoms with E-state index in [1.807, 2.05) is 36.4 Å². The van der Waals surface area contributed by atoms with E-state index >= 15 is 0 Å². The van der Waals surface area contributed by atoms with Crippen molar-refractivity contribution in [3.05, 3.63) is 71.8 Å². The molecule has 0 aliphatic carbocycles. The SMILES string of the molecule is C[C@H](c1ccccc1)N1CC[C@@H](C(=O)OCc2ccccc2)[C@H]1C. The second-order valence-electron chi connectivity index (χ2n) is 6.55. The van der Waals surface area contributed by atoms with Gasteiger partial charge in [-0.05, 0) is 37.9 Å². The minimum atomic E-state index is -0.0749. The van der Waals surface area contributed by atoms with E-state index in [0.717, 1.165) is 18.5 Å². The first-order chi connectivity index (χ1) is 11.7. The maximum Gasteiger partial charge on any atom is 0.310 e. The molecule has 3 nitrogen and oxygen atoms in total. The largest absolute Gasteiger partial charge is 0.461 e. The molecule has 3 heteroatoms. The van der Waals surface area contributed by atoms with Crippen LogP contribution in [-0.2, 0) is 16.1 Å². The zero-order chi connectivity index (χ0) is 16.9. The summed E-state index contributed by atoms with van der Waals surface area (Å²) in [5.74, 6) is -0.117. The summed E-state index contributed by atoms with van der Waals surface area (Å²) in [5, 5.41) is 0. The average Bonchev–Trinajstić information content (AvgIpc) is 3.02. The predicted molar refractivity (Wildman–Crippen MR) is 95.4 cm³/mol. The van der Waals surface area contributed by atoms with Crippen molar-refractivity contribution in [2.24, 2.45) is 5.92 Å². The lowest BCUT2D eigenvalue weighted by molar-refractivity contribution is -0.150. The molecule has 0 amide bonds. The molecule has 3 rings (SSSR count). The van der Waals surface area contributed by atoms with E-state index in [0.29, 0.717) is 12.6 Å². The molecule has 0 bridgehead atoms. The van der Waals surface area contributed by atoms with Gasteiger partial charge in [0.25, 0.3) is 0 Å². The molecule has 0 aromatic heterocycles. The normalized spacial score (nSPS) is 22.2. The number of rotatable bonds is 5. The first-order valence-electron chi connectivity index (χ1n) is 8.68. The number of carbonyl (C=O) groups is 1. The predicted octanol–water partition coefficient (Wildman–Crippen LogP) is 4.20. The van der Waals surface area contributed by atoms with Gasteiger partial charge >= 0.3 is 5.97 Å². The van der Waals surface area contributed by atoms with Crippen LogP contribution in [0.5, 0.6) is 0 Å². The molecule has 1 aliphatic rings. The number of hydrogen-bond acceptors (Lipinski definition) is 3. The molecule has 1 aliphatic heterocycles. The average molecular weight is 323 g/mol. The minimum absolute atomic E-state index is 0.0418. The molecule has 24 heavy (non-hydrogen) atoms. The number of hydrogen-bond donors (Lipinski definition) is 0. The highest BCUT2D eigenvalue weighted by Crippen LogP contribution is 2.33. The number of nitrogens with zero attached hydrogens (tertiary/aromatic N) is 1. The maximum absolute atomic E-state index is 12.5. The number of esters is 1.